The first-order chi connectivity index (χ1) is 6.77. The molecule has 3 atom stereocenters. The van der Waals surface area contributed by atoms with E-state index in [1.807, 2.05) is 12.1 Å². The van der Waals surface area contributed by atoms with E-state index in [0.717, 1.165) is 12.8 Å². The number of rotatable bonds is 2. The van der Waals surface area contributed by atoms with Crippen molar-refractivity contribution in [3.05, 3.63) is 24.4 Å². The van der Waals surface area contributed by atoms with Crippen molar-refractivity contribution in [3.63, 3.8) is 0 Å². The van der Waals surface area contributed by atoms with Crippen molar-refractivity contribution in [1.82, 2.24) is 4.98 Å². The van der Waals surface area contributed by atoms with Crippen LogP contribution in [-0.2, 0) is 0 Å². The molecule has 0 radical (unpaired) electrons. The standard InChI is InChI=1S/C10H14N2O2/c11-7-4-5-8(10(7)13)14-9-3-1-2-6-12-9/h1-3,6-8,10,13H,4-5,11H2. The fourth-order valence-electron chi connectivity index (χ4n) is 1.67. The molecular formula is C10H14N2O2. The second-order valence-electron chi connectivity index (χ2n) is 3.56. The summed E-state index contributed by atoms with van der Waals surface area (Å²) >= 11 is 0. The lowest BCUT2D eigenvalue weighted by Gasteiger charge is -2.17. The molecule has 14 heavy (non-hydrogen) atoms. The lowest BCUT2D eigenvalue weighted by molar-refractivity contribution is 0.0494. The molecule has 1 heterocycles. The molecule has 2 rings (SSSR count). The molecule has 3 unspecified atom stereocenters. The molecule has 0 saturated heterocycles. The van der Waals surface area contributed by atoms with Crippen LogP contribution in [0, 0.1) is 0 Å². The van der Waals surface area contributed by atoms with Crippen LogP contribution in [0.15, 0.2) is 24.4 Å². The fourth-order valence-corrected chi connectivity index (χ4v) is 1.67. The van der Waals surface area contributed by atoms with E-state index < -0.39 is 6.10 Å². The fraction of sp³-hybridized carbons (Fsp3) is 0.500. The van der Waals surface area contributed by atoms with Gasteiger partial charge >= 0.3 is 0 Å². The minimum Gasteiger partial charge on any atom is -0.472 e. The lowest BCUT2D eigenvalue weighted by atomic mass is 10.2. The Hall–Kier alpha value is -1.13. The summed E-state index contributed by atoms with van der Waals surface area (Å²) in [6.45, 7) is 0. The highest BCUT2D eigenvalue weighted by Crippen LogP contribution is 2.22. The number of pyridine rings is 1. The van der Waals surface area contributed by atoms with E-state index in [-0.39, 0.29) is 12.1 Å². The maximum atomic E-state index is 9.64. The predicted octanol–water partition coefficient (Wildman–Crippen LogP) is 0.311. The monoisotopic (exact) mass is 194 g/mol. The van der Waals surface area contributed by atoms with Gasteiger partial charge < -0.3 is 15.6 Å². The molecular weight excluding hydrogens is 180 g/mol. The summed E-state index contributed by atoms with van der Waals surface area (Å²) in [5.74, 6) is 0.547. The summed E-state index contributed by atoms with van der Waals surface area (Å²) in [7, 11) is 0. The van der Waals surface area contributed by atoms with Crippen molar-refractivity contribution in [3.8, 4) is 5.88 Å². The Labute approximate surface area is 82.7 Å². The van der Waals surface area contributed by atoms with Crippen molar-refractivity contribution < 1.29 is 9.84 Å². The Morgan fingerprint density at radius 2 is 2.29 bits per heavy atom. The maximum Gasteiger partial charge on any atom is 0.213 e. The van der Waals surface area contributed by atoms with E-state index in [4.69, 9.17) is 10.5 Å². The van der Waals surface area contributed by atoms with E-state index >= 15 is 0 Å². The summed E-state index contributed by atoms with van der Waals surface area (Å²) in [5, 5.41) is 9.64. The van der Waals surface area contributed by atoms with Crippen molar-refractivity contribution in [2.45, 2.75) is 31.1 Å². The zero-order valence-electron chi connectivity index (χ0n) is 7.84. The van der Waals surface area contributed by atoms with Gasteiger partial charge in [0.2, 0.25) is 5.88 Å². The smallest absolute Gasteiger partial charge is 0.213 e. The molecule has 1 fully saturated rings. The summed E-state index contributed by atoms with van der Waals surface area (Å²) in [4.78, 5) is 4.03. The van der Waals surface area contributed by atoms with Gasteiger partial charge in [0.15, 0.2) is 0 Å². The number of nitrogens with zero attached hydrogens (tertiary/aromatic N) is 1. The number of aliphatic hydroxyl groups excluding tert-OH is 1. The van der Waals surface area contributed by atoms with Crippen molar-refractivity contribution in [2.24, 2.45) is 5.73 Å². The van der Waals surface area contributed by atoms with Crippen LogP contribution >= 0.6 is 0 Å². The highest BCUT2D eigenvalue weighted by molar-refractivity contribution is 5.10. The van der Waals surface area contributed by atoms with Crippen molar-refractivity contribution in [2.75, 3.05) is 0 Å². The summed E-state index contributed by atoms with van der Waals surface area (Å²) in [6, 6.07) is 5.29. The maximum absolute atomic E-state index is 9.64. The quantitative estimate of drug-likeness (QED) is 0.711. The molecule has 0 aromatic carbocycles. The third kappa shape index (κ3) is 1.86. The Bertz CT molecular complexity index is 291. The van der Waals surface area contributed by atoms with E-state index in [2.05, 4.69) is 4.98 Å². The average molecular weight is 194 g/mol. The van der Waals surface area contributed by atoms with E-state index in [1.54, 1.807) is 12.3 Å². The second kappa shape index (κ2) is 3.94. The van der Waals surface area contributed by atoms with Crippen LogP contribution in [-0.4, -0.2) is 28.3 Å². The zero-order valence-corrected chi connectivity index (χ0v) is 7.84. The van der Waals surface area contributed by atoms with Gasteiger partial charge in [0.1, 0.15) is 12.2 Å². The van der Waals surface area contributed by atoms with Gasteiger partial charge in [-0.25, -0.2) is 4.98 Å². The number of aromatic nitrogens is 1. The van der Waals surface area contributed by atoms with Crippen LogP contribution in [0.4, 0.5) is 0 Å². The molecule has 1 aromatic rings. The van der Waals surface area contributed by atoms with E-state index in [9.17, 15) is 5.11 Å². The van der Waals surface area contributed by atoms with Crippen LogP contribution in [0.25, 0.3) is 0 Å². The Morgan fingerprint density at radius 3 is 2.86 bits per heavy atom. The van der Waals surface area contributed by atoms with Crippen LogP contribution in [0.1, 0.15) is 12.8 Å². The van der Waals surface area contributed by atoms with Gasteiger partial charge in [-0.15, -0.1) is 0 Å². The number of nitrogens with two attached hydrogens (primary N) is 1. The highest BCUT2D eigenvalue weighted by Gasteiger charge is 2.33. The molecule has 4 heteroatoms. The minimum absolute atomic E-state index is 0.163. The molecule has 1 aromatic heterocycles. The summed E-state index contributed by atoms with van der Waals surface area (Å²) in [5.41, 5.74) is 5.67. The number of hydrogen-bond donors (Lipinski definition) is 2. The molecule has 1 saturated carbocycles. The molecule has 0 bridgehead atoms. The Kier molecular flexibility index (Phi) is 2.65. The van der Waals surface area contributed by atoms with Gasteiger partial charge in [0.05, 0.1) is 0 Å². The van der Waals surface area contributed by atoms with Gasteiger partial charge in [-0.05, 0) is 18.9 Å². The molecule has 3 N–H and O–H groups in total. The van der Waals surface area contributed by atoms with Crippen LogP contribution in [0.2, 0.25) is 0 Å². The first-order valence-corrected chi connectivity index (χ1v) is 4.79. The molecule has 4 nitrogen and oxygen atoms in total. The zero-order chi connectivity index (χ0) is 9.97. The van der Waals surface area contributed by atoms with Gasteiger partial charge in [-0.1, -0.05) is 6.07 Å². The lowest BCUT2D eigenvalue weighted by Crippen LogP contribution is -2.37. The van der Waals surface area contributed by atoms with Gasteiger partial charge in [-0.3, -0.25) is 0 Å². The highest BCUT2D eigenvalue weighted by atomic mass is 16.5. The SMILES string of the molecule is NC1CCC(Oc2ccccn2)C1O. The number of ether oxygens (including phenoxy) is 1. The second-order valence-corrected chi connectivity index (χ2v) is 3.56. The van der Waals surface area contributed by atoms with Crippen molar-refractivity contribution in [1.29, 1.82) is 0 Å². The van der Waals surface area contributed by atoms with Gasteiger partial charge in [0.25, 0.3) is 0 Å². The van der Waals surface area contributed by atoms with Crippen LogP contribution < -0.4 is 10.5 Å². The van der Waals surface area contributed by atoms with E-state index in [0.29, 0.717) is 5.88 Å². The minimum atomic E-state index is -0.572. The normalized spacial score (nSPS) is 31.7. The van der Waals surface area contributed by atoms with E-state index in [1.165, 1.54) is 0 Å². The largest absolute Gasteiger partial charge is 0.472 e. The van der Waals surface area contributed by atoms with Gasteiger partial charge in [-0.2, -0.15) is 0 Å². The molecule has 1 aliphatic carbocycles. The van der Waals surface area contributed by atoms with Crippen molar-refractivity contribution >= 4 is 0 Å². The average Bonchev–Trinajstić information content (AvgIpc) is 2.52. The third-order valence-electron chi connectivity index (χ3n) is 2.51. The molecule has 0 aliphatic heterocycles. The first-order valence-electron chi connectivity index (χ1n) is 4.79. The topological polar surface area (TPSA) is 68.4 Å². The summed E-state index contributed by atoms with van der Waals surface area (Å²) in [6.07, 6.45) is 2.48. The van der Waals surface area contributed by atoms with Crippen LogP contribution in [0.3, 0.4) is 0 Å². The van der Waals surface area contributed by atoms with Gasteiger partial charge in [0, 0.05) is 18.3 Å². The third-order valence-corrected chi connectivity index (χ3v) is 2.51. The summed E-state index contributed by atoms with van der Waals surface area (Å²) < 4.78 is 5.52. The number of aliphatic hydroxyl groups is 1. The Balaban J connectivity index is 1.99. The molecule has 1 aliphatic rings. The molecule has 0 spiro atoms. The Morgan fingerprint density at radius 1 is 1.43 bits per heavy atom. The predicted molar refractivity (Wildman–Crippen MR) is 51.9 cm³/mol. The first kappa shape index (κ1) is 9.43. The van der Waals surface area contributed by atoms with Crippen LogP contribution in [0.5, 0.6) is 5.88 Å². The molecule has 0 amide bonds. The number of hydrogen-bond acceptors (Lipinski definition) is 4. The molecule has 76 valence electrons.